The number of anilines is 1. The number of likely N-dealkylation sites (tertiary alicyclic amines) is 1. The molecule has 6 rings (SSSR count). The highest BCUT2D eigenvalue weighted by Gasteiger charge is 2.43. The van der Waals surface area contributed by atoms with Crippen LogP contribution in [0.4, 0.5) is 5.69 Å². The van der Waals surface area contributed by atoms with Crippen molar-refractivity contribution >= 4 is 42.0 Å². The summed E-state index contributed by atoms with van der Waals surface area (Å²) < 4.78 is 19.7. The number of carbonyl (C=O) groups is 2. The van der Waals surface area contributed by atoms with E-state index in [-0.39, 0.29) is 22.6 Å². The number of carbonyl (C=O) groups excluding carboxylic acids is 2. The Morgan fingerprint density at radius 3 is 2.29 bits per heavy atom. The topological polar surface area (TPSA) is 125 Å². The number of hydrogen-bond acceptors (Lipinski definition) is 6. The molecule has 4 atom stereocenters. The monoisotopic (exact) mass is 644 g/mol. The van der Waals surface area contributed by atoms with E-state index in [0.717, 1.165) is 37.1 Å². The van der Waals surface area contributed by atoms with E-state index < -0.39 is 31.6 Å². The van der Waals surface area contributed by atoms with Crippen molar-refractivity contribution in [3.05, 3.63) is 125 Å². The number of quaternary nitrogens is 1. The van der Waals surface area contributed by atoms with Gasteiger partial charge in [-0.2, -0.15) is 0 Å². The van der Waals surface area contributed by atoms with Gasteiger partial charge >= 0.3 is 0 Å². The third-order valence-corrected chi connectivity index (χ3v) is 10.2. The van der Waals surface area contributed by atoms with Crippen LogP contribution < -0.4 is 25.7 Å². The van der Waals surface area contributed by atoms with Crippen LogP contribution in [0.1, 0.15) is 50.9 Å². The second-order valence-electron chi connectivity index (χ2n) is 11.5. The molecule has 232 valence electrons. The van der Waals surface area contributed by atoms with Crippen LogP contribution in [0, 0.1) is 0 Å². The summed E-state index contributed by atoms with van der Waals surface area (Å²) in [5.74, 6) is -1.28. The van der Waals surface area contributed by atoms with E-state index in [1.54, 1.807) is 48.5 Å². The zero-order valence-corrected chi connectivity index (χ0v) is 26.2. The van der Waals surface area contributed by atoms with Gasteiger partial charge in [0, 0.05) is 28.9 Å². The standard InChI is InChI=1S/C34H34ClN4O5P/c35-24-15-17-25(18-16-24)36-33(40)29-13-8-14-30(37-29)34(41)38-31-21-23-9-4-5-12-27(23)28(22-39-19-6-7-20-39)32(31)44-45(42,43)26-10-2-1-3-11-26/h1-5,8-18,28,31-32H,6-7,19-22H2,(H,36,40)(H,38,41)(H,42,43)/t28-,31+,32+/m1/s1. The number of pyridine rings is 1. The van der Waals surface area contributed by atoms with Crippen LogP contribution in [0.15, 0.2) is 97.1 Å². The van der Waals surface area contributed by atoms with Crippen LogP contribution in [0.2, 0.25) is 5.02 Å². The smallest absolute Gasteiger partial charge is 0.274 e. The molecule has 45 heavy (non-hydrogen) atoms. The van der Waals surface area contributed by atoms with Gasteiger partial charge < -0.3 is 29.5 Å². The lowest BCUT2D eigenvalue weighted by molar-refractivity contribution is -0.889. The van der Waals surface area contributed by atoms with E-state index in [0.29, 0.717) is 23.7 Å². The van der Waals surface area contributed by atoms with E-state index in [9.17, 15) is 19.0 Å². The van der Waals surface area contributed by atoms with Crippen molar-refractivity contribution in [2.45, 2.75) is 37.3 Å². The molecule has 0 bridgehead atoms. The van der Waals surface area contributed by atoms with Gasteiger partial charge in [-0.1, -0.05) is 72.3 Å². The highest BCUT2D eigenvalue weighted by atomic mass is 35.5. The van der Waals surface area contributed by atoms with Crippen LogP contribution in [0.3, 0.4) is 0 Å². The molecule has 1 unspecified atom stereocenters. The summed E-state index contributed by atoms with van der Waals surface area (Å²) in [4.78, 5) is 46.0. The average Bonchev–Trinajstić information content (AvgIpc) is 3.57. The summed E-state index contributed by atoms with van der Waals surface area (Å²) in [6, 6.07) is 26.7. The Balaban J connectivity index is 1.28. The maximum atomic E-state index is 13.7. The Morgan fingerprint density at radius 2 is 1.56 bits per heavy atom. The zero-order valence-electron chi connectivity index (χ0n) is 24.5. The molecule has 4 aromatic rings. The Labute approximate surface area is 267 Å². The third kappa shape index (κ3) is 7.35. The van der Waals surface area contributed by atoms with Gasteiger partial charge in [-0.05, 0) is 53.9 Å². The van der Waals surface area contributed by atoms with Crippen molar-refractivity contribution in [2.24, 2.45) is 0 Å². The predicted octanol–water partition coefficient (Wildman–Crippen LogP) is 3.37. The quantitative estimate of drug-likeness (QED) is 0.240. The minimum atomic E-state index is -4.50. The van der Waals surface area contributed by atoms with Gasteiger partial charge in [-0.25, -0.2) is 4.98 Å². The number of fused-ring (bicyclic) bond motifs is 1. The molecule has 11 heteroatoms. The summed E-state index contributed by atoms with van der Waals surface area (Å²) in [5, 5.41) is 6.41. The molecule has 1 saturated heterocycles. The van der Waals surface area contributed by atoms with Crippen molar-refractivity contribution in [1.29, 1.82) is 0 Å². The van der Waals surface area contributed by atoms with Crippen molar-refractivity contribution in [2.75, 3.05) is 25.0 Å². The van der Waals surface area contributed by atoms with Crippen molar-refractivity contribution in [3.8, 4) is 0 Å². The molecule has 3 N–H and O–H groups in total. The fraction of sp³-hybridized carbons (Fsp3) is 0.265. The number of benzene rings is 3. The summed E-state index contributed by atoms with van der Waals surface area (Å²) in [7, 11) is -4.50. The summed E-state index contributed by atoms with van der Waals surface area (Å²) >= 11 is 5.94. The van der Waals surface area contributed by atoms with Crippen LogP contribution in [-0.4, -0.2) is 48.6 Å². The molecule has 2 aliphatic rings. The van der Waals surface area contributed by atoms with Gasteiger partial charge in [0.25, 0.3) is 11.8 Å². The maximum absolute atomic E-state index is 13.7. The van der Waals surface area contributed by atoms with E-state index in [1.807, 2.05) is 24.3 Å². The maximum Gasteiger partial charge on any atom is 0.274 e. The molecule has 1 fully saturated rings. The number of hydrogen-bond donors (Lipinski definition) is 3. The molecule has 0 radical (unpaired) electrons. The highest BCUT2D eigenvalue weighted by Crippen LogP contribution is 2.44. The number of amides is 2. The van der Waals surface area contributed by atoms with Gasteiger partial charge in [0.05, 0.1) is 37.7 Å². The van der Waals surface area contributed by atoms with Gasteiger partial charge in [-0.3, -0.25) is 9.59 Å². The van der Waals surface area contributed by atoms with Gasteiger partial charge in [0.15, 0.2) is 7.60 Å². The number of aromatic nitrogens is 1. The second-order valence-corrected chi connectivity index (χ2v) is 13.7. The Morgan fingerprint density at radius 1 is 0.889 bits per heavy atom. The Hall–Kier alpha value is -3.85. The molecule has 9 nitrogen and oxygen atoms in total. The first-order valence-corrected chi connectivity index (χ1v) is 17.0. The first-order chi connectivity index (χ1) is 21.8. The number of rotatable bonds is 9. The third-order valence-electron chi connectivity index (χ3n) is 8.47. The Kier molecular flexibility index (Phi) is 9.45. The molecule has 0 spiro atoms. The fourth-order valence-corrected chi connectivity index (χ4v) is 7.68. The van der Waals surface area contributed by atoms with Gasteiger partial charge in [0.1, 0.15) is 11.4 Å². The van der Waals surface area contributed by atoms with Gasteiger partial charge in [-0.15, -0.1) is 0 Å². The highest BCUT2D eigenvalue weighted by molar-refractivity contribution is 7.59. The van der Waals surface area contributed by atoms with Crippen LogP contribution in [-0.2, 0) is 15.5 Å². The lowest BCUT2D eigenvalue weighted by atomic mass is 9.77. The normalized spacial score (nSPS) is 21.0. The largest absolute Gasteiger partial charge is 0.775 e. The average molecular weight is 645 g/mol. The molecular formula is C34H34ClN4O5P. The number of nitrogens with zero attached hydrogens (tertiary/aromatic N) is 1. The molecule has 1 aromatic heterocycles. The molecular weight excluding hydrogens is 611 g/mol. The van der Waals surface area contributed by atoms with Crippen molar-refractivity contribution in [3.63, 3.8) is 0 Å². The summed E-state index contributed by atoms with van der Waals surface area (Å²) in [6.07, 6.45) is 1.77. The predicted molar refractivity (Wildman–Crippen MR) is 171 cm³/mol. The first kappa shape index (κ1) is 31.1. The second kappa shape index (κ2) is 13.6. The van der Waals surface area contributed by atoms with Crippen LogP contribution >= 0.6 is 19.2 Å². The molecule has 1 aliphatic heterocycles. The summed E-state index contributed by atoms with van der Waals surface area (Å²) in [5.41, 5.74) is 2.71. The van der Waals surface area contributed by atoms with E-state index in [1.165, 1.54) is 29.2 Å². The van der Waals surface area contributed by atoms with Crippen molar-refractivity contribution in [1.82, 2.24) is 10.3 Å². The van der Waals surface area contributed by atoms with Crippen LogP contribution in [0.25, 0.3) is 0 Å². The molecule has 3 aromatic carbocycles. The van der Waals surface area contributed by atoms with Crippen molar-refractivity contribution < 1.29 is 28.5 Å². The molecule has 0 saturated carbocycles. The lowest BCUT2D eigenvalue weighted by Crippen LogP contribution is -3.10. The first-order valence-electron chi connectivity index (χ1n) is 15.1. The minimum Gasteiger partial charge on any atom is -0.775 e. The minimum absolute atomic E-state index is 0.0337. The molecule has 2 heterocycles. The molecule has 2 amide bonds. The van der Waals surface area contributed by atoms with Crippen LogP contribution in [0.5, 0.6) is 0 Å². The lowest BCUT2D eigenvalue weighted by Gasteiger charge is -2.42. The van der Waals surface area contributed by atoms with Gasteiger partial charge in [0.2, 0.25) is 0 Å². The van der Waals surface area contributed by atoms with E-state index in [2.05, 4.69) is 15.6 Å². The van der Waals surface area contributed by atoms with E-state index in [4.69, 9.17) is 16.1 Å². The summed E-state index contributed by atoms with van der Waals surface area (Å²) in [6.45, 7) is 2.69. The SMILES string of the molecule is O=C(Nc1ccc(Cl)cc1)c1cccc(C(=O)N[C@H]2Cc3ccccc3[C@@H](C[NH+]3CCCC3)[C@@H]2OP(=O)([O-])c2ccccc2)n1. The molecule has 1 aliphatic carbocycles. The number of halogens is 1. The number of nitrogens with one attached hydrogen (secondary N) is 3. The fourth-order valence-electron chi connectivity index (χ4n) is 6.28. The zero-order chi connectivity index (χ0) is 31.4. The Bertz CT molecular complexity index is 1720. The van der Waals surface area contributed by atoms with E-state index >= 15 is 0 Å².